The fraction of sp³-hybridized carbons (Fsp3) is 0.211. The second kappa shape index (κ2) is 7.55. The van der Waals surface area contributed by atoms with Gasteiger partial charge in [-0.05, 0) is 18.9 Å². The summed E-state index contributed by atoms with van der Waals surface area (Å²) in [6.07, 6.45) is 6.99. The van der Waals surface area contributed by atoms with Crippen LogP contribution in [0.2, 0.25) is 0 Å². The first kappa shape index (κ1) is 18.4. The predicted octanol–water partition coefficient (Wildman–Crippen LogP) is 3.51. The van der Waals surface area contributed by atoms with Crippen molar-refractivity contribution >= 4 is 28.8 Å². The minimum Gasteiger partial charge on any atom is -0.336 e. The van der Waals surface area contributed by atoms with Crippen LogP contribution in [-0.4, -0.2) is 24.7 Å². The number of benzene rings is 1. The Morgan fingerprint density at radius 1 is 1.31 bits per heavy atom. The third-order valence-electron chi connectivity index (χ3n) is 4.15. The Hall–Kier alpha value is -4.00. The summed E-state index contributed by atoms with van der Waals surface area (Å²) in [5.41, 5.74) is 0.846. The molecule has 0 radical (unpaired) electrons. The van der Waals surface area contributed by atoms with Gasteiger partial charge in [0.15, 0.2) is 5.82 Å². The molecule has 1 aliphatic rings. The van der Waals surface area contributed by atoms with Crippen molar-refractivity contribution in [1.82, 2.24) is 19.7 Å². The molecule has 4 rings (SSSR count). The number of aryl methyl sites for hydroxylation is 1. The van der Waals surface area contributed by atoms with Gasteiger partial charge in [-0.25, -0.2) is 9.37 Å². The minimum atomic E-state index is -0.642. The first-order valence-electron chi connectivity index (χ1n) is 8.83. The first-order chi connectivity index (χ1) is 14.0. The van der Waals surface area contributed by atoms with Gasteiger partial charge in [0.1, 0.15) is 5.82 Å². The number of anilines is 4. The normalized spacial score (nSPS) is 12.8. The van der Waals surface area contributed by atoms with E-state index in [-0.39, 0.29) is 23.1 Å². The predicted molar refractivity (Wildman–Crippen MR) is 104 cm³/mol. The molecule has 0 atom stereocenters. The van der Waals surface area contributed by atoms with Crippen LogP contribution in [-0.2, 0) is 7.05 Å². The number of hydrogen-bond donors (Lipinski definition) is 2. The van der Waals surface area contributed by atoms with Crippen LogP contribution in [0.5, 0.6) is 0 Å². The largest absolute Gasteiger partial charge is 0.336 e. The molecule has 9 nitrogen and oxygen atoms in total. The van der Waals surface area contributed by atoms with Crippen molar-refractivity contribution < 1.29 is 9.31 Å². The molecule has 1 fully saturated rings. The SMILES string of the molecule is Cn1cc(Nc2ncc(C#CC3CC3)c(Nc3cc([N+](=O)[O-])ccc3F)n2)cn1. The van der Waals surface area contributed by atoms with Crippen molar-refractivity contribution in [3.8, 4) is 11.8 Å². The quantitative estimate of drug-likeness (QED) is 0.388. The van der Waals surface area contributed by atoms with Crippen LogP contribution >= 0.6 is 0 Å². The summed E-state index contributed by atoms with van der Waals surface area (Å²) in [7, 11) is 1.78. The van der Waals surface area contributed by atoms with Crippen LogP contribution in [0.15, 0.2) is 36.8 Å². The van der Waals surface area contributed by atoms with E-state index in [1.54, 1.807) is 24.1 Å². The van der Waals surface area contributed by atoms with E-state index in [4.69, 9.17) is 0 Å². The van der Waals surface area contributed by atoms with Crippen LogP contribution in [0.25, 0.3) is 0 Å². The van der Waals surface area contributed by atoms with Gasteiger partial charge < -0.3 is 10.6 Å². The maximum atomic E-state index is 14.2. The van der Waals surface area contributed by atoms with E-state index in [0.29, 0.717) is 17.2 Å². The van der Waals surface area contributed by atoms with Crippen molar-refractivity contribution in [2.75, 3.05) is 10.6 Å². The molecule has 0 unspecified atom stereocenters. The molecule has 29 heavy (non-hydrogen) atoms. The van der Waals surface area contributed by atoms with E-state index >= 15 is 0 Å². The lowest BCUT2D eigenvalue weighted by molar-refractivity contribution is -0.384. The van der Waals surface area contributed by atoms with Crippen molar-refractivity contribution in [3.05, 3.63) is 58.3 Å². The van der Waals surface area contributed by atoms with Crippen LogP contribution in [0.3, 0.4) is 0 Å². The van der Waals surface area contributed by atoms with Gasteiger partial charge >= 0.3 is 0 Å². The zero-order valence-corrected chi connectivity index (χ0v) is 15.4. The highest BCUT2D eigenvalue weighted by Crippen LogP contribution is 2.29. The van der Waals surface area contributed by atoms with Gasteiger partial charge in [-0.3, -0.25) is 14.8 Å². The molecule has 2 heterocycles. The van der Waals surface area contributed by atoms with E-state index in [9.17, 15) is 14.5 Å². The van der Waals surface area contributed by atoms with E-state index in [0.717, 1.165) is 31.0 Å². The molecule has 0 bridgehead atoms. The molecule has 2 N–H and O–H groups in total. The number of halogens is 1. The van der Waals surface area contributed by atoms with Gasteiger partial charge in [-0.2, -0.15) is 10.1 Å². The average Bonchev–Trinajstić information content (AvgIpc) is 3.43. The smallest absolute Gasteiger partial charge is 0.271 e. The zero-order chi connectivity index (χ0) is 20.4. The zero-order valence-electron chi connectivity index (χ0n) is 15.4. The molecule has 2 aromatic heterocycles. The first-order valence-corrected chi connectivity index (χ1v) is 8.83. The molecule has 1 aliphatic carbocycles. The van der Waals surface area contributed by atoms with Gasteiger partial charge in [0, 0.05) is 31.3 Å². The minimum absolute atomic E-state index is 0.0697. The molecule has 0 saturated heterocycles. The third-order valence-corrected chi connectivity index (χ3v) is 4.15. The number of aromatic nitrogens is 4. The second-order valence-corrected chi connectivity index (χ2v) is 6.57. The van der Waals surface area contributed by atoms with Crippen molar-refractivity contribution in [2.24, 2.45) is 13.0 Å². The van der Waals surface area contributed by atoms with Gasteiger partial charge in [-0.15, -0.1) is 0 Å². The monoisotopic (exact) mass is 393 g/mol. The molecule has 0 spiro atoms. The molecular weight excluding hydrogens is 377 g/mol. The highest BCUT2D eigenvalue weighted by molar-refractivity contribution is 5.67. The van der Waals surface area contributed by atoms with E-state index in [2.05, 4.69) is 37.5 Å². The van der Waals surface area contributed by atoms with Crippen LogP contribution < -0.4 is 10.6 Å². The summed E-state index contributed by atoms with van der Waals surface area (Å²) in [4.78, 5) is 19.1. The number of hydrogen-bond acceptors (Lipinski definition) is 7. The highest BCUT2D eigenvalue weighted by Gasteiger charge is 2.18. The number of non-ortho nitro benzene ring substituents is 1. The van der Waals surface area contributed by atoms with Gasteiger partial charge in [0.05, 0.1) is 34.3 Å². The fourth-order valence-electron chi connectivity index (χ4n) is 2.50. The Kier molecular flexibility index (Phi) is 4.78. The molecule has 10 heteroatoms. The summed E-state index contributed by atoms with van der Waals surface area (Å²) < 4.78 is 15.9. The molecule has 3 aromatic rings. The number of nitrogens with one attached hydrogen (secondary N) is 2. The van der Waals surface area contributed by atoms with Gasteiger partial charge in [0.2, 0.25) is 5.95 Å². The molecular formula is C19H16FN7O2. The topological polar surface area (TPSA) is 111 Å². The Morgan fingerprint density at radius 2 is 2.14 bits per heavy atom. The van der Waals surface area contributed by atoms with Crippen molar-refractivity contribution in [2.45, 2.75) is 12.8 Å². The van der Waals surface area contributed by atoms with Crippen LogP contribution in [0, 0.1) is 33.7 Å². The lowest BCUT2D eigenvalue weighted by Crippen LogP contribution is -2.04. The average molecular weight is 393 g/mol. The molecule has 1 saturated carbocycles. The summed E-state index contributed by atoms with van der Waals surface area (Å²) >= 11 is 0. The number of rotatable bonds is 5. The maximum absolute atomic E-state index is 14.2. The van der Waals surface area contributed by atoms with E-state index < -0.39 is 10.7 Å². The van der Waals surface area contributed by atoms with Gasteiger partial charge in [0.25, 0.3) is 5.69 Å². The lowest BCUT2D eigenvalue weighted by atomic mass is 10.2. The van der Waals surface area contributed by atoms with Crippen molar-refractivity contribution in [1.29, 1.82) is 0 Å². The Morgan fingerprint density at radius 3 is 2.83 bits per heavy atom. The molecule has 0 amide bonds. The summed E-state index contributed by atoms with van der Waals surface area (Å²) in [5.74, 6) is 6.33. The van der Waals surface area contributed by atoms with E-state index in [1.807, 2.05) is 0 Å². The number of nitro benzene ring substituents is 1. The molecule has 0 aliphatic heterocycles. The highest BCUT2D eigenvalue weighted by atomic mass is 19.1. The number of nitrogens with zero attached hydrogens (tertiary/aromatic N) is 5. The van der Waals surface area contributed by atoms with Crippen LogP contribution in [0.4, 0.5) is 33.2 Å². The van der Waals surface area contributed by atoms with E-state index in [1.165, 1.54) is 6.20 Å². The fourth-order valence-corrected chi connectivity index (χ4v) is 2.50. The Balaban J connectivity index is 1.68. The summed E-state index contributed by atoms with van der Waals surface area (Å²) in [5, 5.41) is 20.9. The lowest BCUT2D eigenvalue weighted by Gasteiger charge is -2.10. The standard InChI is InChI=1S/C19H16FN7O2/c1-26-11-14(10-22-26)23-19-21-9-13(5-4-12-2-3-12)18(25-19)24-17-8-15(27(28)29)6-7-16(17)20/h6-12H,2-3H2,1H3,(H2,21,23,24,25). The second-order valence-electron chi connectivity index (χ2n) is 6.57. The molecule has 146 valence electrons. The maximum Gasteiger partial charge on any atom is 0.271 e. The molecule has 1 aromatic carbocycles. The number of nitro groups is 1. The van der Waals surface area contributed by atoms with Crippen LogP contribution in [0.1, 0.15) is 18.4 Å². The van der Waals surface area contributed by atoms with Crippen molar-refractivity contribution in [3.63, 3.8) is 0 Å². The van der Waals surface area contributed by atoms with Gasteiger partial charge in [-0.1, -0.05) is 11.8 Å². The summed E-state index contributed by atoms with van der Waals surface area (Å²) in [6, 6.07) is 3.25. The Bertz CT molecular complexity index is 1140. The third kappa shape index (κ3) is 4.47. The summed E-state index contributed by atoms with van der Waals surface area (Å²) in [6.45, 7) is 0. The Labute approximate surface area is 165 Å².